The Labute approximate surface area is 117 Å². The first-order chi connectivity index (χ1) is 9.15. The topological polar surface area (TPSA) is 78.4 Å². The Hall–Kier alpha value is -1.17. The zero-order valence-electron chi connectivity index (χ0n) is 10.8. The fourth-order valence-electron chi connectivity index (χ4n) is 2.38. The van der Waals surface area contributed by atoms with E-state index in [0.717, 1.165) is 6.42 Å². The number of amides is 2. The number of hydrogen-bond donors (Lipinski definition) is 3. The van der Waals surface area contributed by atoms with Gasteiger partial charge in [0, 0.05) is 11.8 Å². The Balaban J connectivity index is 1.65. The molecule has 2 amide bonds. The van der Waals surface area contributed by atoms with Gasteiger partial charge in [-0.25, -0.2) is 4.79 Å². The summed E-state index contributed by atoms with van der Waals surface area (Å²) >= 11 is 1.92. The summed E-state index contributed by atoms with van der Waals surface area (Å²) in [5.41, 5.74) is 0. The van der Waals surface area contributed by atoms with E-state index in [1.54, 1.807) is 12.2 Å². The van der Waals surface area contributed by atoms with E-state index in [1.807, 2.05) is 11.8 Å². The quantitative estimate of drug-likeness (QED) is 0.685. The second-order valence-corrected chi connectivity index (χ2v) is 6.42. The molecule has 3 N–H and O–H groups in total. The third-order valence-electron chi connectivity index (χ3n) is 3.48. The lowest BCUT2D eigenvalue weighted by molar-refractivity contribution is -0.140. The molecule has 2 aliphatic rings. The molecule has 1 fully saturated rings. The van der Waals surface area contributed by atoms with E-state index >= 15 is 0 Å². The Morgan fingerprint density at radius 1 is 1.32 bits per heavy atom. The van der Waals surface area contributed by atoms with Gasteiger partial charge in [0.15, 0.2) is 0 Å². The van der Waals surface area contributed by atoms with Gasteiger partial charge in [-0.05, 0) is 25.0 Å². The summed E-state index contributed by atoms with van der Waals surface area (Å²) < 4.78 is 0. The van der Waals surface area contributed by atoms with Gasteiger partial charge in [-0.15, -0.1) is 0 Å². The van der Waals surface area contributed by atoms with Gasteiger partial charge in [-0.3, -0.25) is 4.79 Å². The molecule has 106 valence electrons. The number of carboxylic acid groups (broad SMARTS) is 1. The highest BCUT2D eigenvalue weighted by molar-refractivity contribution is 7.99. The number of carbonyl (C=O) groups excluding carboxylic acids is 1. The molecule has 1 saturated heterocycles. The summed E-state index contributed by atoms with van der Waals surface area (Å²) in [5, 5.41) is 15.0. The van der Waals surface area contributed by atoms with Crippen molar-refractivity contribution in [2.24, 2.45) is 5.92 Å². The third kappa shape index (κ3) is 4.45. The number of carboxylic acids is 1. The van der Waals surface area contributed by atoms with Crippen molar-refractivity contribution in [2.75, 3.05) is 12.3 Å². The van der Waals surface area contributed by atoms with E-state index in [4.69, 9.17) is 5.11 Å². The van der Waals surface area contributed by atoms with Gasteiger partial charge in [0.1, 0.15) is 0 Å². The highest BCUT2D eigenvalue weighted by Gasteiger charge is 2.25. The van der Waals surface area contributed by atoms with Crippen molar-refractivity contribution in [1.82, 2.24) is 10.6 Å². The molecule has 1 heterocycles. The maximum atomic E-state index is 11.7. The van der Waals surface area contributed by atoms with Crippen molar-refractivity contribution in [1.29, 1.82) is 0 Å². The smallest absolute Gasteiger partial charge is 0.315 e. The molecule has 3 atom stereocenters. The Kier molecular flexibility index (Phi) is 5.13. The van der Waals surface area contributed by atoms with Crippen LogP contribution < -0.4 is 10.6 Å². The van der Waals surface area contributed by atoms with Crippen LogP contribution in [0.15, 0.2) is 12.2 Å². The molecule has 0 aromatic rings. The molecule has 0 saturated carbocycles. The summed E-state index contributed by atoms with van der Waals surface area (Å²) in [7, 11) is 0. The van der Waals surface area contributed by atoms with Crippen LogP contribution in [0.1, 0.15) is 25.7 Å². The number of urea groups is 1. The summed E-state index contributed by atoms with van der Waals surface area (Å²) in [6.45, 7) is 0.690. The minimum atomic E-state index is -0.834. The highest BCUT2D eigenvalue weighted by atomic mass is 32.2. The average Bonchev–Trinajstić information content (AvgIpc) is 2.86. The van der Waals surface area contributed by atoms with E-state index in [2.05, 4.69) is 10.6 Å². The maximum Gasteiger partial charge on any atom is 0.315 e. The molecule has 5 nitrogen and oxygen atoms in total. The Morgan fingerprint density at radius 3 is 2.79 bits per heavy atom. The molecule has 0 spiro atoms. The van der Waals surface area contributed by atoms with Crippen LogP contribution in [0.4, 0.5) is 4.79 Å². The number of carbonyl (C=O) groups is 2. The molecule has 0 aromatic heterocycles. The largest absolute Gasteiger partial charge is 0.481 e. The predicted molar refractivity (Wildman–Crippen MR) is 75.3 cm³/mol. The molecule has 2 rings (SSSR count). The monoisotopic (exact) mass is 284 g/mol. The molecule has 1 aliphatic heterocycles. The molecular weight excluding hydrogens is 264 g/mol. The van der Waals surface area contributed by atoms with E-state index in [1.165, 1.54) is 18.6 Å². The van der Waals surface area contributed by atoms with Crippen LogP contribution in [-0.4, -0.2) is 40.7 Å². The van der Waals surface area contributed by atoms with Crippen molar-refractivity contribution < 1.29 is 14.7 Å². The maximum absolute atomic E-state index is 11.7. The van der Waals surface area contributed by atoms with Crippen LogP contribution in [-0.2, 0) is 4.79 Å². The Morgan fingerprint density at radius 2 is 2.16 bits per heavy atom. The third-order valence-corrected chi connectivity index (χ3v) is 4.88. The fraction of sp³-hybridized carbons (Fsp3) is 0.692. The standard InChI is InChI=1S/C13H20N2O3S/c16-12(17)9-4-5-10(7-9)15-13(18)14-8-11-3-1-2-6-19-11/h4-5,9-11H,1-3,6-8H2,(H,16,17)(H2,14,15,18). The van der Waals surface area contributed by atoms with E-state index in [9.17, 15) is 9.59 Å². The van der Waals surface area contributed by atoms with Crippen molar-refractivity contribution in [2.45, 2.75) is 37.0 Å². The summed E-state index contributed by atoms with van der Waals surface area (Å²) in [4.78, 5) is 22.5. The van der Waals surface area contributed by atoms with E-state index in [-0.39, 0.29) is 12.1 Å². The van der Waals surface area contributed by atoms with Crippen molar-refractivity contribution >= 4 is 23.8 Å². The number of thioether (sulfide) groups is 1. The van der Waals surface area contributed by atoms with Crippen LogP contribution >= 0.6 is 11.8 Å². The van der Waals surface area contributed by atoms with Crippen LogP contribution in [0.5, 0.6) is 0 Å². The summed E-state index contributed by atoms with van der Waals surface area (Å²) in [6, 6.07) is -0.369. The van der Waals surface area contributed by atoms with E-state index in [0.29, 0.717) is 18.2 Å². The lowest BCUT2D eigenvalue weighted by atomic mass is 10.1. The van der Waals surface area contributed by atoms with Crippen molar-refractivity contribution in [3.8, 4) is 0 Å². The first-order valence-corrected chi connectivity index (χ1v) is 7.77. The molecule has 0 aromatic carbocycles. The lowest BCUT2D eigenvalue weighted by Gasteiger charge is -2.22. The van der Waals surface area contributed by atoms with Crippen LogP contribution in [0.25, 0.3) is 0 Å². The van der Waals surface area contributed by atoms with Gasteiger partial charge < -0.3 is 15.7 Å². The van der Waals surface area contributed by atoms with Gasteiger partial charge in [0.2, 0.25) is 0 Å². The molecule has 0 bridgehead atoms. The molecule has 1 aliphatic carbocycles. The van der Waals surface area contributed by atoms with E-state index < -0.39 is 11.9 Å². The Bertz CT molecular complexity index is 367. The van der Waals surface area contributed by atoms with Gasteiger partial charge in [-0.1, -0.05) is 18.6 Å². The van der Waals surface area contributed by atoms with Crippen LogP contribution in [0.2, 0.25) is 0 Å². The van der Waals surface area contributed by atoms with Crippen molar-refractivity contribution in [3.63, 3.8) is 0 Å². The number of rotatable bonds is 4. The lowest BCUT2D eigenvalue weighted by Crippen LogP contribution is -2.43. The summed E-state index contributed by atoms with van der Waals surface area (Å²) in [6.07, 6.45) is 7.53. The van der Waals surface area contributed by atoms with Gasteiger partial charge in [0.25, 0.3) is 0 Å². The molecular formula is C13H20N2O3S. The fourth-order valence-corrected chi connectivity index (χ4v) is 3.62. The molecule has 3 unspecified atom stereocenters. The average molecular weight is 284 g/mol. The zero-order valence-corrected chi connectivity index (χ0v) is 11.6. The van der Waals surface area contributed by atoms with Gasteiger partial charge in [-0.2, -0.15) is 11.8 Å². The first kappa shape index (κ1) is 14.2. The number of hydrogen-bond acceptors (Lipinski definition) is 3. The SMILES string of the molecule is O=C(NCC1CCCCS1)NC1C=CC(C(=O)O)C1. The highest BCUT2D eigenvalue weighted by Crippen LogP contribution is 2.24. The zero-order chi connectivity index (χ0) is 13.7. The molecule has 6 heteroatoms. The van der Waals surface area contributed by atoms with Gasteiger partial charge in [0.05, 0.1) is 12.0 Å². The normalized spacial score (nSPS) is 30.0. The number of nitrogens with one attached hydrogen (secondary N) is 2. The molecule has 19 heavy (non-hydrogen) atoms. The second kappa shape index (κ2) is 6.84. The second-order valence-electron chi connectivity index (χ2n) is 5.01. The van der Waals surface area contributed by atoms with Gasteiger partial charge >= 0.3 is 12.0 Å². The first-order valence-electron chi connectivity index (χ1n) is 6.72. The summed E-state index contributed by atoms with van der Waals surface area (Å²) in [5.74, 6) is -0.127. The minimum absolute atomic E-state index is 0.167. The van der Waals surface area contributed by atoms with Crippen molar-refractivity contribution in [3.05, 3.63) is 12.2 Å². The number of aliphatic carboxylic acids is 1. The minimum Gasteiger partial charge on any atom is -0.481 e. The predicted octanol–water partition coefficient (Wildman–Crippen LogP) is 1.60. The van der Waals surface area contributed by atoms with Crippen LogP contribution in [0.3, 0.4) is 0 Å². The van der Waals surface area contributed by atoms with Crippen LogP contribution in [0, 0.1) is 5.92 Å². The molecule has 0 radical (unpaired) electrons.